The number of nitrogens with one attached hydrogen (secondary N) is 1. The van der Waals surface area contributed by atoms with Crippen LogP contribution in [-0.4, -0.2) is 26.5 Å². The number of H-pyrrole nitrogens is 1. The summed E-state index contributed by atoms with van der Waals surface area (Å²) in [6.07, 6.45) is -1.65. The highest BCUT2D eigenvalue weighted by Gasteiger charge is 2.37. The molecule has 7 heteroatoms. The van der Waals surface area contributed by atoms with E-state index in [0.29, 0.717) is 33.8 Å². The third-order valence-electron chi connectivity index (χ3n) is 7.17. The molecule has 0 amide bonds. The van der Waals surface area contributed by atoms with Gasteiger partial charge in [0, 0.05) is 22.0 Å². The number of fused-ring (bicyclic) bond motifs is 2. The standard InChI is InChI=1S/C32H23F2N3O2/c33-21-10-6-8-19(16-21)27-24-14-4-5-15-25(24)35-29(27)30-28-31(37(36-30)23-12-2-1-3-13-23)26(38)18-39-32(28)20-9-7-11-22(34)17-20/h1-17,26,32,35,38H,18H2/t26-,32-/m1/s1. The minimum Gasteiger partial charge on any atom is -0.384 e. The topological polar surface area (TPSA) is 63.1 Å². The first kappa shape index (κ1) is 23.5. The Kier molecular flexibility index (Phi) is 5.61. The van der Waals surface area contributed by atoms with Gasteiger partial charge in [0.1, 0.15) is 29.5 Å². The van der Waals surface area contributed by atoms with E-state index in [2.05, 4.69) is 4.98 Å². The molecule has 0 bridgehead atoms. The number of aromatic nitrogens is 3. The lowest BCUT2D eigenvalue weighted by Gasteiger charge is -2.28. The predicted molar refractivity (Wildman–Crippen MR) is 145 cm³/mol. The predicted octanol–water partition coefficient (Wildman–Crippen LogP) is 7.12. The second-order valence-electron chi connectivity index (χ2n) is 9.61. The van der Waals surface area contributed by atoms with E-state index in [-0.39, 0.29) is 18.2 Å². The molecular weight excluding hydrogens is 496 g/mol. The van der Waals surface area contributed by atoms with Crippen molar-refractivity contribution in [1.82, 2.24) is 14.8 Å². The van der Waals surface area contributed by atoms with Gasteiger partial charge in [0.25, 0.3) is 0 Å². The number of rotatable bonds is 4. The Morgan fingerprint density at radius 1 is 0.846 bits per heavy atom. The summed E-state index contributed by atoms with van der Waals surface area (Å²) in [6, 6.07) is 30.0. The Morgan fingerprint density at radius 3 is 2.38 bits per heavy atom. The van der Waals surface area contributed by atoms with E-state index in [4.69, 9.17) is 9.84 Å². The van der Waals surface area contributed by atoms with E-state index in [0.717, 1.165) is 22.2 Å². The lowest BCUT2D eigenvalue weighted by atomic mass is 9.91. The van der Waals surface area contributed by atoms with Crippen molar-refractivity contribution in [2.24, 2.45) is 0 Å². The van der Waals surface area contributed by atoms with Crippen LogP contribution in [0, 0.1) is 11.6 Å². The minimum absolute atomic E-state index is 0.0234. The molecule has 3 heterocycles. The number of aromatic amines is 1. The summed E-state index contributed by atoms with van der Waals surface area (Å²) >= 11 is 0. The molecule has 2 atom stereocenters. The number of hydrogen-bond donors (Lipinski definition) is 2. The van der Waals surface area contributed by atoms with Crippen molar-refractivity contribution in [2.45, 2.75) is 12.2 Å². The molecule has 6 aromatic rings. The van der Waals surface area contributed by atoms with Crippen molar-refractivity contribution in [2.75, 3.05) is 6.61 Å². The molecule has 1 aliphatic rings. The lowest BCUT2D eigenvalue weighted by Crippen LogP contribution is -2.23. The van der Waals surface area contributed by atoms with Crippen LogP contribution in [0.5, 0.6) is 0 Å². The van der Waals surface area contributed by atoms with E-state index in [9.17, 15) is 13.9 Å². The summed E-state index contributed by atoms with van der Waals surface area (Å²) < 4.78 is 36.7. The van der Waals surface area contributed by atoms with Crippen LogP contribution in [0.1, 0.15) is 29.0 Å². The fourth-order valence-electron chi connectivity index (χ4n) is 5.52. The van der Waals surface area contributed by atoms with Crippen molar-refractivity contribution < 1.29 is 18.6 Å². The van der Waals surface area contributed by atoms with Crippen molar-refractivity contribution in [3.63, 3.8) is 0 Å². The summed E-state index contributed by atoms with van der Waals surface area (Å²) in [7, 11) is 0. The number of benzene rings is 4. The zero-order valence-electron chi connectivity index (χ0n) is 20.7. The van der Waals surface area contributed by atoms with Gasteiger partial charge >= 0.3 is 0 Å². The zero-order valence-corrected chi connectivity index (χ0v) is 20.7. The van der Waals surface area contributed by atoms with Crippen LogP contribution in [0.4, 0.5) is 8.78 Å². The number of halogens is 2. The molecule has 0 radical (unpaired) electrons. The smallest absolute Gasteiger partial charge is 0.123 e. The average molecular weight is 520 g/mol. The normalized spacial score (nSPS) is 16.9. The van der Waals surface area contributed by atoms with Crippen molar-refractivity contribution in [1.29, 1.82) is 0 Å². The molecular formula is C32H23F2N3O2. The quantitative estimate of drug-likeness (QED) is 0.261. The maximum absolute atomic E-state index is 14.4. The number of ether oxygens (including phenoxy) is 1. The summed E-state index contributed by atoms with van der Waals surface area (Å²) in [5, 5.41) is 17.2. The first-order valence-electron chi connectivity index (χ1n) is 12.7. The monoisotopic (exact) mass is 519 g/mol. The van der Waals surface area contributed by atoms with Gasteiger partial charge in [-0.15, -0.1) is 0 Å². The molecule has 2 aromatic heterocycles. The number of aliphatic hydroxyl groups excluding tert-OH is 1. The molecule has 5 nitrogen and oxygen atoms in total. The van der Waals surface area contributed by atoms with E-state index >= 15 is 0 Å². The van der Waals surface area contributed by atoms with Gasteiger partial charge < -0.3 is 14.8 Å². The van der Waals surface area contributed by atoms with Gasteiger partial charge in [-0.25, -0.2) is 13.5 Å². The molecule has 2 N–H and O–H groups in total. The number of aliphatic hydroxyl groups is 1. The van der Waals surface area contributed by atoms with Gasteiger partial charge in [-0.2, -0.15) is 5.10 Å². The fraction of sp³-hybridized carbons (Fsp3) is 0.0938. The van der Waals surface area contributed by atoms with Crippen molar-refractivity contribution in [3.05, 3.63) is 132 Å². The molecule has 1 aliphatic heterocycles. The molecule has 192 valence electrons. The van der Waals surface area contributed by atoms with E-state index in [1.165, 1.54) is 24.3 Å². The highest BCUT2D eigenvalue weighted by molar-refractivity contribution is 6.03. The Bertz CT molecular complexity index is 1830. The van der Waals surface area contributed by atoms with Crippen molar-refractivity contribution >= 4 is 10.9 Å². The molecule has 39 heavy (non-hydrogen) atoms. The second-order valence-corrected chi connectivity index (χ2v) is 9.61. The molecule has 7 rings (SSSR count). The fourth-order valence-corrected chi connectivity index (χ4v) is 5.52. The minimum atomic E-state index is -0.965. The molecule has 4 aromatic carbocycles. The Hall–Kier alpha value is -4.59. The summed E-state index contributed by atoms with van der Waals surface area (Å²) in [5.74, 6) is -0.733. The molecule has 0 unspecified atom stereocenters. The number of nitrogens with zero attached hydrogens (tertiary/aromatic N) is 2. The van der Waals surface area contributed by atoms with E-state index in [1.807, 2.05) is 60.7 Å². The van der Waals surface area contributed by atoms with Gasteiger partial charge in [-0.05, 0) is 53.6 Å². The van der Waals surface area contributed by atoms with Crippen molar-refractivity contribution in [3.8, 4) is 28.2 Å². The third kappa shape index (κ3) is 3.94. The second kappa shape index (κ2) is 9.31. The van der Waals surface area contributed by atoms with Crippen LogP contribution in [-0.2, 0) is 4.74 Å². The molecule has 0 spiro atoms. The summed E-state index contributed by atoms with van der Waals surface area (Å²) in [6.45, 7) is 0.0234. The first-order chi connectivity index (χ1) is 19.1. The average Bonchev–Trinajstić information content (AvgIpc) is 3.54. The molecule has 0 fully saturated rings. The number of para-hydroxylation sites is 2. The zero-order chi connectivity index (χ0) is 26.5. The summed E-state index contributed by atoms with van der Waals surface area (Å²) in [5.41, 5.74) is 6.10. The highest BCUT2D eigenvalue weighted by atomic mass is 19.1. The molecule has 0 saturated carbocycles. The molecule has 0 aliphatic carbocycles. The van der Waals surface area contributed by atoms with Crippen LogP contribution in [0.15, 0.2) is 103 Å². The Morgan fingerprint density at radius 2 is 1.59 bits per heavy atom. The van der Waals surface area contributed by atoms with Gasteiger partial charge in [0.15, 0.2) is 0 Å². The Balaban J connectivity index is 1.57. The Labute approximate surface area is 222 Å². The van der Waals surface area contributed by atoms with Gasteiger partial charge in [0.05, 0.1) is 23.7 Å². The van der Waals surface area contributed by atoms with Crippen LogP contribution in [0.25, 0.3) is 39.1 Å². The largest absolute Gasteiger partial charge is 0.384 e. The first-order valence-corrected chi connectivity index (χ1v) is 12.7. The maximum Gasteiger partial charge on any atom is 0.123 e. The van der Waals surface area contributed by atoms with Gasteiger partial charge in [0.2, 0.25) is 0 Å². The van der Waals surface area contributed by atoms with Crippen LogP contribution >= 0.6 is 0 Å². The maximum atomic E-state index is 14.4. The van der Waals surface area contributed by atoms with Gasteiger partial charge in [-0.1, -0.05) is 60.7 Å². The third-order valence-corrected chi connectivity index (χ3v) is 7.17. The van der Waals surface area contributed by atoms with Crippen LogP contribution in [0.3, 0.4) is 0 Å². The van der Waals surface area contributed by atoms with Crippen LogP contribution in [0.2, 0.25) is 0 Å². The molecule has 0 saturated heterocycles. The van der Waals surface area contributed by atoms with Crippen LogP contribution < -0.4 is 0 Å². The highest BCUT2D eigenvalue weighted by Crippen LogP contribution is 2.47. The summed E-state index contributed by atoms with van der Waals surface area (Å²) in [4.78, 5) is 3.50. The lowest BCUT2D eigenvalue weighted by molar-refractivity contribution is -0.0161. The van der Waals surface area contributed by atoms with E-state index in [1.54, 1.807) is 22.9 Å². The van der Waals surface area contributed by atoms with E-state index < -0.39 is 12.2 Å². The SMILES string of the molecule is O[C@@H]1CO[C@H](c2cccc(F)c2)c2c(-c3[nH]c4ccccc4c3-c3cccc(F)c3)nn(-c3ccccc3)c21. The number of hydrogen-bond acceptors (Lipinski definition) is 3. The van der Waals surface area contributed by atoms with Gasteiger partial charge in [-0.3, -0.25) is 0 Å².